The van der Waals surface area contributed by atoms with Crippen molar-refractivity contribution in [2.24, 2.45) is 0 Å². The number of ether oxygens (including phenoxy) is 1. The third-order valence-electron chi connectivity index (χ3n) is 5.98. The average Bonchev–Trinajstić information content (AvgIpc) is 3.16. The largest absolute Gasteiger partial charge is 0.449 e. The van der Waals surface area contributed by atoms with Crippen LogP contribution in [0.3, 0.4) is 0 Å². The number of amides is 1. The topological polar surface area (TPSA) is 99.0 Å². The summed E-state index contributed by atoms with van der Waals surface area (Å²) < 4.78 is 19.4. The Morgan fingerprint density at radius 1 is 1.00 bits per heavy atom. The molecule has 2 atom stereocenters. The second kappa shape index (κ2) is 10.1. The zero-order chi connectivity index (χ0) is 23.4. The second-order valence-electron chi connectivity index (χ2n) is 8.07. The fourth-order valence-corrected chi connectivity index (χ4v) is 4.25. The van der Waals surface area contributed by atoms with Crippen molar-refractivity contribution in [3.05, 3.63) is 94.8 Å². The smallest absolute Gasteiger partial charge is 0.407 e. The van der Waals surface area contributed by atoms with Crippen molar-refractivity contribution in [3.63, 3.8) is 0 Å². The first-order valence-electron chi connectivity index (χ1n) is 10.8. The van der Waals surface area contributed by atoms with Crippen LogP contribution in [0, 0.1) is 5.82 Å². The van der Waals surface area contributed by atoms with Crippen molar-refractivity contribution in [2.45, 2.75) is 31.2 Å². The lowest BCUT2D eigenvalue weighted by Crippen LogP contribution is -2.31. The molecule has 0 bridgehead atoms. The molecular formula is C26H26FNO5. The predicted octanol–water partition coefficient (Wildman–Crippen LogP) is 3.64. The zero-order valence-corrected chi connectivity index (χ0v) is 17.9. The van der Waals surface area contributed by atoms with Gasteiger partial charge >= 0.3 is 6.09 Å². The van der Waals surface area contributed by atoms with Gasteiger partial charge in [0.1, 0.15) is 18.5 Å². The van der Waals surface area contributed by atoms with E-state index in [4.69, 9.17) is 4.74 Å². The number of benzene rings is 3. The number of aliphatic hydroxyl groups excluding tert-OH is 3. The first-order valence-corrected chi connectivity index (χ1v) is 10.8. The minimum atomic E-state index is -1.49. The van der Waals surface area contributed by atoms with Gasteiger partial charge in [-0.3, -0.25) is 0 Å². The summed E-state index contributed by atoms with van der Waals surface area (Å²) in [4.78, 5) is 12.2. The molecule has 1 aliphatic carbocycles. The Morgan fingerprint density at radius 2 is 1.64 bits per heavy atom. The summed E-state index contributed by atoms with van der Waals surface area (Å²) in [6.07, 6.45) is -3.43. The lowest BCUT2D eigenvalue weighted by molar-refractivity contribution is 0.0115. The molecule has 6 nitrogen and oxygen atoms in total. The molecule has 7 heteroatoms. The summed E-state index contributed by atoms with van der Waals surface area (Å²) in [5.41, 5.74) is 4.81. The third kappa shape index (κ3) is 4.90. The number of aliphatic hydroxyl groups is 3. The molecule has 0 fully saturated rings. The van der Waals surface area contributed by atoms with Crippen LogP contribution in [0.25, 0.3) is 11.1 Å². The normalized spacial score (nSPS) is 14.3. The van der Waals surface area contributed by atoms with E-state index in [-0.39, 0.29) is 37.7 Å². The van der Waals surface area contributed by atoms with Crippen LogP contribution in [-0.2, 0) is 11.3 Å². The molecule has 0 spiro atoms. The number of alkyl carbamates (subject to hydrolysis) is 1. The Labute approximate surface area is 191 Å². The van der Waals surface area contributed by atoms with Gasteiger partial charge in [0.05, 0.1) is 12.7 Å². The molecule has 172 valence electrons. The van der Waals surface area contributed by atoms with Gasteiger partial charge in [-0.2, -0.15) is 0 Å². The lowest BCUT2D eigenvalue weighted by Gasteiger charge is -2.20. The van der Waals surface area contributed by atoms with E-state index in [0.29, 0.717) is 5.56 Å². The molecule has 0 saturated carbocycles. The number of carbonyl (C=O) groups is 1. The van der Waals surface area contributed by atoms with E-state index in [1.165, 1.54) is 12.1 Å². The lowest BCUT2D eigenvalue weighted by atomic mass is 9.98. The minimum Gasteiger partial charge on any atom is -0.449 e. The van der Waals surface area contributed by atoms with Crippen molar-refractivity contribution in [2.75, 3.05) is 13.2 Å². The van der Waals surface area contributed by atoms with E-state index in [2.05, 4.69) is 17.4 Å². The summed E-state index contributed by atoms with van der Waals surface area (Å²) in [6, 6.07) is 19.9. The van der Waals surface area contributed by atoms with Crippen molar-refractivity contribution in [1.29, 1.82) is 0 Å². The van der Waals surface area contributed by atoms with Crippen LogP contribution < -0.4 is 5.32 Å². The van der Waals surface area contributed by atoms with Gasteiger partial charge in [0.15, 0.2) is 0 Å². The van der Waals surface area contributed by atoms with Crippen LogP contribution in [-0.4, -0.2) is 40.7 Å². The maximum Gasteiger partial charge on any atom is 0.407 e. The molecule has 3 aromatic rings. The molecule has 0 saturated heterocycles. The summed E-state index contributed by atoms with van der Waals surface area (Å²) in [5, 5.41) is 32.2. The monoisotopic (exact) mass is 451 g/mol. The fraction of sp³-hybridized carbons (Fsp3) is 0.269. The number of halogens is 1. The number of fused-ring (bicyclic) bond motifs is 3. The van der Waals surface area contributed by atoms with Crippen LogP contribution in [0.5, 0.6) is 0 Å². The van der Waals surface area contributed by atoms with Gasteiger partial charge in [0, 0.05) is 18.0 Å². The molecule has 1 amide bonds. The molecule has 0 aliphatic heterocycles. The SMILES string of the molecule is O=C(NCCC(O)C(O)c1cc(CO)ccc1F)OCC1c2ccccc2-c2ccccc21. The predicted molar refractivity (Wildman–Crippen MR) is 121 cm³/mol. The van der Waals surface area contributed by atoms with Crippen molar-refractivity contribution in [1.82, 2.24) is 5.32 Å². The molecule has 0 aromatic heterocycles. The third-order valence-corrected chi connectivity index (χ3v) is 5.98. The second-order valence-corrected chi connectivity index (χ2v) is 8.07. The number of hydrogen-bond acceptors (Lipinski definition) is 5. The number of hydrogen-bond donors (Lipinski definition) is 4. The highest BCUT2D eigenvalue weighted by Crippen LogP contribution is 2.44. The average molecular weight is 451 g/mol. The Bertz CT molecular complexity index is 1090. The Kier molecular flexibility index (Phi) is 7.03. The molecular weight excluding hydrogens is 425 g/mol. The van der Waals surface area contributed by atoms with Gasteiger partial charge in [-0.25, -0.2) is 9.18 Å². The highest BCUT2D eigenvalue weighted by molar-refractivity contribution is 5.79. The van der Waals surface area contributed by atoms with Crippen LogP contribution in [0.2, 0.25) is 0 Å². The molecule has 4 N–H and O–H groups in total. The number of rotatable bonds is 8. The van der Waals surface area contributed by atoms with Crippen LogP contribution in [0.1, 0.15) is 40.7 Å². The van der Waals surface area contributed by atoms with Crippen LogP contribution in [0.15, 0.2) is 66.7 Å². The molecule has 33 heavy (non-hydrogen) atoms. The summed E-state index contributed by atoms with van der Waals surface area (Å²) in [7, 11) is 0. The highest BCUT2D eigenvalue weighted by atomic mass is 19.1. The van der Waals surface area contributed by atoms with Gasteiger partial charge in [0.25, 0.3) is 0 Å². The number of carbonyl (C=O) groups excluding carboxylic acids is 1. The Morgan fingerprint density at radius 3 is 2.27 bits per heavy atom. The van der Waals surface area contributed by atoms with E-state index in [1.807, 2.05) is 36.4 Å². The number of nitrogens with one attached hydrogen (secondary N) is 1. The van der Waals surface area contributed by atoms with Crippen molar-refractivity contribution < 1.29 is 29.2 Å². The maximum atomic E-state index is 14.0. The van der Waals surface area contributed by atoms with Crippen LogP contribution >= 0.6 is 0 Å². The Balaban J connectivity index is 1.29. The summed E-state index contributed by atoms with van der Waals surface area (Å²) in [6.45, 7) is -0.0974. The van der Waals surface area contributed by atoms with Crippen molar-refractivity contribution in [3.8, 4) is 11.1 Å². The van der Waals surface area contributed by atoms with Crippen molar-refractivity contribution >= 4 is 6.09 Å². The van der Waals surface area contributed by atoms with Gasteiger partial charge < -0.3 is 25.4 Å². The molecule has 3 aromatic carbocycles. The van der Waals surface area contributed by atoms with E-state index in [9.17, 15) is 24.5 Å². The van der Waals surface area contributed by atoms with Gasteiger partial charge in [-0.1, -0.05) is 54.6 Å². The molecule has 4 rings (SSSR count). The highest BCUT2D eigenvalue weighted by Gasteiger charge is 2.29. The quantitative estimate of drug-likeness (QED) is 0.419. The summed E-state index contributed by atoms with van der Waals surface area (Å²) in [5.74, 6) is -0.736. The summed E-state index contributed by atoms with van der Waals surface area (Å²) >= 11 is 0. The fourth-order valence-electron chi connectivity index (χ4n) is 4.25. The zero-order valence-electron chi connectivity index (χ0n) is 17.9. The first kappa shape index (κ1) is 22.9. The van der Waals surface area contributed by atoms with E-state index >= 15 is 0 Å². The van der Waals surface area contributed by atoms with Crippen LogP contribution in [0.4, 0.5) is 9.18 Å². The maximum absolute atomic E-state index is 14.0. The Hall–Kier alpha value is -3.26. The van der Waals surface area contributed by atoms with E-state index in [0.717, 1.165) is 28.3 Å². The van der Waals surface area contributed by atoms with Gasteiger partial charge in [0.2, 0.25) is 0 Å². The molecule has 1 aliphatic rings. The van der Waals surface area contributed by atoms with E-state index < -0.39 is 24.1 Å². The first-order chi connectivity index (χ1) is 16.0. The molecule has 0 radical (unpaired) electrons. The molecule has 0 heterocycles. The van der Waals surface area contributed by atoms with Gasteiger partial charge in [-0.15, -0.1) is 0 Å². The standard InChI is InChI=1S/C26H26FNO5/c27-23-10-9-16(14-29)13-21(23)25(31)24(30)11-12-28-26(32)33-15-22-19-7-3-1-5-17(19)18-6-2-4-8-20(18)22/h1-10,13,22,24-25,29-31H,11-12,14-15H2,(H,28,32). The minimum absolute atomic E-state index is 0.00580. The van der Waals surface area contributed by atoms with Gasteiger partial charge in [-0.05, 0) is 46.4 Å². The molecule has 2 unspecified atom stereocenters. The van der Waals surface area contributed by atoms with E-state index in [1.54, 1.807) is 0 Å².